The molecular formula is C17H28N2O. The van der Waals surface area contributed by atoms with Gasteiger partial charge in [0.25, 0.3) is 0 Å². The largest absolute Gasteiger partial charge is 0.496 e. The minimum atomic E-state index is 0.527. The molecule has 0 aliphatic carbocycles. The molecule has 1 atom stereocenters. The van der Waals surface area contributed by atoms with Crippen LogP contribution in [-0.2, 0) is 0 Å². The van der Waals surface area contributed by atoms with Crippen LogP contribution in [0.3, 0.4) is 0 Å². The van der Waals surface area contributed by atoms with E-state index in [9.17, 15) is 0 Å². The van der Waals surface area contributed by atoms with Gasteiger partial charge in [-0.1, -0.05) is 13.0 Å². The molecule has 20 heavy (non-hydrogen) atoms. The van der Waals surface area contributed by atoms with Gasteiger partial charge in [0.2, 0.25) is 0 Å². The zero-order chi connectivity index (χ0) is 14.5. The summed E-state index contributed by atoms with van der Waals surface area (Å²) in [5, 5.41) is 3.49. The van der Waals surface area contributed by atoms with Gasteiger partial charge in [-0.2, -0.15) is 0 Å². The maximum atomic E-state index is 5.44. The highest BCUT2D eigenvalue weighted by atomic mass is 16.5. The monoisotopic (exact) mass is 276 g/mol. The lowest BCUT2D eigenvalue weighted by Gasteiger charge is -2.31. The molecule has 2 rings (SSSR count). The molecule has 1 N–H and O–H groups in total. The van der Waals surface area contributed by atoms with Crippen molar-refractivity contribution in [3.05, 3.63) is 28.8 Å². The van der Waals surface area contributed by atoms with E-state index in [1.165, 1.54) is 29.7 Å². The minimum Gasteiger partial charge on any atom is -0.496 e. The normalized spacial score (nSPS) is 18.6. The van der Waals surface area contributed by atoms with Crippen molar-refractivity contribution >= 4 is 0 Å². The van der Waals surface area contributed by atoms with Crippen LogP contribution in [0.15, 0.2) is 12.1 Å². The minimum absolute atomic E-state index is 0.527. The zero-order valence-corrected chi connectivity index (χ0v) is 13.3. The Morgan fingerprint density at radius 3 is 2.70 bits per heavy atom. The standard InChI is InChI=1S/C17H28N2O/c1-5-16(19-9-6-7-18-8-10-19)15-11-14(3)17(20-4)12-13(15)2/h11-12,16,18H,5-10H2,1-4H3. The molecule has 112 valence electrons. The number of ether oxygens (including phenoxy) is 1. The zero-order valence-electron chi connectivity index (χ0n) is 13.3. The summed E-state index contributed by atoms with van der Waals surface area (Å²) in [6.45, 7) is 11.2. The summed E-state index contributed by atoms with van der Waals surface area (Å²) in [7, 11) is 1.75. The van der Waals surface area contributed by atoms with E-state index in [1.54, 1.807) is 7.11 Å². The van der Waals surface area contributed by atoms with Crippen LogP contribution in [0.4, 0.5) is 0 Å². The van der Waals surface area contributed by atoms with Crippen molar-refractivity contribution in [1.29, 1.82) is 0 Å². The molecular weight excluding hydrogens is 248 g/mol. The fourth-order valence-electron chi connectivity index (χ4n) is 3.24. The third-order valence-corrected chi connectivity index (χ3v) is 4.34. The molecule has 1 heterocycles. The molecule has 0 saturated carbocycles. The average Bonchev–Trinajstić information content (AvgIpc) is 2.72. The van der Waals surface area contributed by atoms with Crippen molar-refractivity contribution in [3.8, 4) is 5.75 Å². The van der Waals surface area contributed by atoms with Crippen molar-refractivity contribution in [2.75, 3.05) is 33.3 Å². The molecule has 3 heteroatoms. The van der Waals surface area contributed by atoms with Crippen molar-refractivity contribution in [1.82, 2.24) is 10.2 Å². The highest BCUT2D eigenvalue weighted by Crippen LogP contribution is 2.31. The van der Waals surface area contributed by atoms with Crippen LogP contribution in [0.2, 0.25) is 0 Å². The second-order valence-corrected chi connectivity index (χ2v) is 5.74. The van der Waals surface area contributed by atoms with E-state index < -0.39 is 0 Å². The summed E-state index contributed by atoms with van der Waals surface area (Å²) in [6, 6.07) is 5.03. The van der Waals surface area contributed by atoms with Crippen molar-refractivity contribution in [2.24, 2.45) is 0 Å². The van der Waals surface area contributed by atoms with Gasteiger partial charge >= 0.3 is 0 Å². The number of hydrogen-bond acceptors (Lipinski definition) is 3. The number of hydrogen-bond donors (Lipinski definition) is 1. The number of rotatable bonds is 4. The first-order valence-electron chi connectivity index (χ1n) is 7.77. The summed E-state index contributed by atoms with van der Waals surface area (Å²) < 4.78 is 5.44. The molecule has 1 aliphatic heterocycles. The molecule has 1 aliphatic rings. The maximum absolute atomic E-state index is 5.44. The molecule has 1 unspecified atom stereocenters. The Morgan fingerprint density at radius 2 is 2.00 bits per heavy atom. The third-order valence-electron chi connectivity index (χ3n) is 4.34. The number of benzene rings is 1. The summed E-state index contributed by atoms with van der Waals surface area (Å²) in [4.78, 5) is 2.63. The lowest BCUT2D eigenvalue weighted by atomic mass is 9.95. The van der Waals surface area contributed by atoms with Gasteiger partial charge in [0, 0.05) is 25.7 Å². The van der Waals surface area contributed by atoms with Crippen LogP contribution in [0, 0.1) is 13.8 Å². The lowest BCUT2D eigenvalue weighted by molar-refractivity contribution is 0.204. The first-order chi connectivity index (χ1) is 9.67. The summed E-state index contributed by atoms with van der Waals surface area (Å²) in [5.41, 5.74) is 4.05. The maximum Gasteiger partial charge on any atom is 0.122 e. The molecule has 0 spiro atoms. The summed E-state index contributed by atoms with van der Waals surface area (Å²) in [6.07, 6.45) is 2.40. The van der Waals surface area contributed by atoms with E-state index in [0.717, 1.165) is 31.8 Å². The number of nitrogens with one attached hydrogen (secondary N) is 1. The van der Waals surface area contributed by atoms with Crippen molar-refractivity contribution < 1.29 is 4.74 Å². The van der Waals surface area contributed by atoms with E-state index in [0.29, 0.717) is 6.04 Å². The molecule has 0 amide bonds. The fourth-order valence-corrected chi connectivity index (χ4v) is 3.24. The molecule has 1 aromatic carbocycles. The molecule has 0 aromatic heterocycles. The quantitative estimate of drug-likeness (QED) is 0.914. The van der Waals surface area contributed by atoms with Crippen LogP contribution in [0.1, 0.15) is 42.5 Å². The van der Waals surface area contributed by atoms with E-state index in [4.69, 9.17) is 4.74 Å². The van der Waals surface area contributed by atoms with Crippen LogP contribution in [0.5, 0.6) is 5.75 Å². The fraction of sp³-hybridized carbons (Fsp3) is 0.647. The predicted octanol–water partition coefficient (Wildman–Crippen LogP) is 3.06. The Kier molecular flexibility index (Phi) is 5.44. The van der Waals surface area contributed by atoms with Gasteiger partial charge in [-0.05, 0) is 56.0 Å². The van der Waals surface area contributed by atoms with Gasteiger partial charge in [-0.3, -0.25) is 4.90 Å². The van der Waals surface area contributed by atoms with Crippen molar-refractivity contribution in [2.45, 2.75) is 39.7 Å². The number of nitrogens with zero attached hydrogens (tertiary/aromatic N) is 1. The van der Waals surface area contributed by atoms with Gasteiger partial charge in [0.1, 0.15) is 5.75 Å². The predicted molar refractivity (Wildman–Crippen MR) is 84.6 cm³/mol. The first kappa shape index (κ1) is 15.3. The SMILES string of the molecule is CCC(c1cc(C)c(OC)cc1C)N1CCCNCC1. The second-order valence-electron chi connectivity index (χ2n) is 5.74. The van der Waals surface area contributed by atoms with Gasteiger partial charge in [-0.25, -0.2) is 0 Å². The number of aryl methyl sites for hydroxylation is 2. The molecule has 1 fully saturated rings. The van der Waals surface area contributed by atoms with E-state index in [2.05, 4.69) is 43.1 Å². The van der Waals surface area contributed by atoms with Gasteiger partial charge in [0.05, 0.1) is 7.11 Å². The Morgan fingerprint density at radius 1 is 1.20 bits per heavy atom. The van der Waals surface area contributed by atoms with Crippen molar-refractivity contribution in [3.63, 3.8) is 0 Å². The Balaban J connectivity index is 2.28. The third kappa shape index (κ3) is 3.33. The molecule has 0 bridgehead atoms. The van der Waals surface area contributed by atoms with E-state index in [-0.39, 0.29) is 0 Å². The van der Waals surface area contributed by atoms with Crippen LogP contribution in [-0.4, -0.2) is 38.2 Å². The van der Waals surface area contributed by atoms with Gasteiger partial charge in [0.15, 0.2) is 0 Å². The Hall–Kier alpha value is -1.06. The van der Waals surface area contributed by atoms with E-state index >= 15 is 0 Å². The van der Waals surface area contributed by atoms with Gasteiger partial charge < -0.3 is 10.1 Å². The molecule has 1 saturated heterocycles. The Labute approximate surface area is 123 Å². The Bertz CT molecular complexity index is 437. The number of methoxy groups -OCH3 is 1. The molecule has 0 radical (unpaired) electrons. The van der Waals surface area contributed by atoms with Crippen LogP contribution < -0.4 is 10.1 Å². The van der Waals surface area contributed by atoms with Gasteiger partial charge in [-0.15, -0.1) is 0 Å². The van der Waals surface area contributed by atoms with Crippen LogP contribution >= 0.6 is 0 Å². The molecule has 1 aromatic rings. The second kappa shape index (κ2) is 7.09. The smallest absolute Gasteiger partial charge is 0.122 e. The summed E-state index contributed by atoms with van der Waals surface area (Å²) in [5.74, 6) is 0.999. The van der Waals surface area contributed by atoms with E-state index in [1.807, 2.05) is 0 Å². The topological polar surface area (TPSA) is 24.5 Å². The first-order valence-corrected chi connectivity index (χ1v) is 7.77. The average molecular weight is 276 g/mol. The molecule has 3 nitrogen and oxygen atoms in total. The highest BCUT2D eigenvalue weighted by molar-refractivity contribution is 5.42. The highest BCUT2D eigenvalue weighted by Gasteiger charge is 2.22. The lowest BCUT2D eigenvalue weighted by Crippen LogP contribution is -2.32. The van der Waals surface area contributed by atoms with Crippen LogP contribution in [0.25, 0.3) is 0 Å². The summed E-state index contributed by atoms with van der Waals surface area (Å²) >= 11 is 0.